The van der Waals surface area contributed by atoms with Gasteiger partial charge in [-0.05, 0) is 132 Å². The summed E-state index contributed by atoms with van der Waals surface area (Å²) in [6, 6.07) is 65.5. The van der Waals surface area contributed by atoms with Gasteiger partial charge in [0.15, 0.2) is 6.17 Å². The quantitative estimate of drug-likeness (QED) is 0.153. The van der Waals surface area contributed by atoms with Crippen LogP contribution in [0.5, 0.6) is 0 Å². The highest BCUT2D eigenvalue weighted by molar-refractivity contribution is 7.21. The van der Waals surface area contributed by atoms with Crippen LogP contribution in [0.15, 0.2) is 215 Å². The molecule has 11 aromatic rings. The minimum atomic E-state index is -0.236. The van der Waals surface area contributed by atoms with E-state index in [-0.39, 0.29) is 6.17 Å². The standard InChI is InChI=1S/C53H34N6OS/c1-3-10-34(11-4-1)52-55-46-26-24-41(31-48(46)56-52)58(38-12-5-2-6-13-38)40-22-19-36-29-45-44-25-23-42(32-50(44)60-49(45)30-37(36)28-40)59(43-14-9-27-54-33-43)39-20-17-35(18-21-39)53-57-47-15-7-8-16-51(47)61-53/h1-33,52H. The normalized spacial score (nSPS) is 13.3. The SMILES string of the molecule is c1ccc(C2N=c3ccc(N(c4ccccc4)c4ccc5cc6c(cc5c4)oc4cc(N(c5ccc(-c7nc8ccccc8s7)cc5)c5cccnc5)ccc46)cc3=N2)cc1. The average molecular weight is 803 g/mol. The van der Waals surface area contributed by atoms with E-state index >= 15 is 0 Å². The van der Waals surface area contributed by atoms with Crippen molar-refractivity contribution >= 4 is 88.4 Å². The Morgan fingerprint density at radius 3 is 1.98 bits per heavy atom. The van der Waals surface area contributed by atoms with Crippen LogP contribution in [-0.2, 0) is 0 Å². The molecule has 3 aromatic heterocycles. The molecule has 0 N–H and O–H groups in total. The van der Waals surface area contributed by atoms with E-state index in [0.29, 0.717) is 0 Å². The van der Waals surface area contributed by atoms with Crippen LogP contribution in [0.1, 0.15) is 11.7 Å². The van der Waals surface area contributed by atoms with Gasteiger partial charge in [0.25, 0.3) is 0 Å². The molecule has 0 bridgehead atoms. The van der Waals surface area contributed by atoms with E-state index in [4.69, 9.17) is 19.4 Å². The molecule has 0 spiro atoms. The lowest BCUT2D eigenvalue weighted by atomic mass is 10.0. The Morgan fingerprint density at radius 2 is 1.15 bits per heavy atom. The Bertz CT molecular complexity index is 3520. The highest BCUT2D eigenvalue weighted by atomic mass is 32.1. The summed E-state index contributed by atoms with van der Waals surface area (Å²) in [5, 5.41) is 7.15. The second-order valence-corrected chi connectivity index (χ2v) is 16.2. The molecule has 1 atom stereocenters. The monoisotopic (exact) mass is 802 g/mol. The average Bonchev–Trinajstić information content (AvgIpc) is 4.05. The number of thiazole rings is 1. The van der Waals surface area contributed by atoms with E-state index in [9.17, 15) is 0 Å². The smallest absolute Gasteiger partial charge is 0.166 e. The van der Waals surface area contributed by atoms with Crippen LogP contribution in [0.3, 0.4) is 0 Å². The van der Waals surface area contributed by atoms with Crippen molar-refractivity contribution in [3.8, 4) is 10.6 Å². The molecule has 1 aliphatic heterocycles. The fourth-order valence-corrected chi connectivity index (χ4v) is 9.38. The number of hydrogen-bond acceptors (Lipinski definition) is 8. The molecule has 1 unspecified atom stereocenters. The Hall–Kier alpha value is -7.94. The van der Waals surface area contributed by atoms with Gasteiger partial charge in [-0.2, -0.15) is 0 Å². The predicted octanol–water partition coefficient (Wildman–Crippen LogP) is 13.3. The van der Waals surface area contributed by atoms with Crippen molar-refractivity contribution in [3.05, 3.63) is 217 Å². The molecule has 4 heterocycles. The molecule has 0 amide bonds. The van der Waals surface area contributed by atoms with E-state index in [1.807, 2.05) is 42.6 Å². The number of para-hydroxylation sites is 2. The number of anilines is 6. The van der Waals surface area contributed by atoms with Crippen molar-refractivity contribution in [2.75, 3.05) is 9.80 Å². The van der Waals surface area contributed by atoms with Crippen molar-refractivity contribution in [3.63, 3.8) is 0 Å². The maximum absolute atomic E-state index is 6.71. The van der Waals surface area contributed by atoms with Gasteiger partial charge in [0.2, 0.25) is 0 Å². The van der Waals surface area contributed by atoms with E-state index in [0.717, 1.165) is 99.2 Å². The molecule has 0 radical (unpaired) electrons. The number of pyridine rings is 1. The zero-order valence-corrected chi connectivity index (χ0v) is 33.4. The van der Waals surface area contributed by atoms with Crippen LogP contribution in [0, 0.1) is 0 Å². The number of aromatic nitrogens is 2. The Labute approximate surface area is 354 Å². The Morgan fingerprint density at radius 1 is 0.475 bits per heavy atom. The van der Waals surface area contributed by atoms with Crippen LogP contribution in [0.2, 0.25) is 0 Å². The maximum Gasteiger partial charge on any atom is 0.166 e. The van der Waals surface area contributed by atoms with Crippen molar-refractivity contribution < 1.29 is 4.42 Å². The lowest BCUT2D eigenvalue weighted by molar-refractivity contribution is 0.669. The third-order valence-corrected chi connectivity index (χ3v) is 12.4. The lowest BCUT2D eigenvalue weighted by Crippen LogP contribution is -2.23. The fourth-order valence-electron chi connectivity index (χ4n) is 8.41. The minimum absolute atomic E-state index is 0.236. The summed E-state index contributed by atoms with van der Waals surface area (Å²) in [6.45, 7) is 0. The molecule has 0 aliphatic carbocycles. The van der Waals surface area contributed by atoms with Gasteiger partial charge >= 0.3 is 0 Å². The third-order valence-electron chi connectivity index (χ3n) is 11.3. The molecular weight excluding hydrogens is 769 g/mol. The van der Waals surface area contributed by atoms with Gasteiger partial charge in [0.1, 0.15) is 16.2 Å². The largest absolute Gasteiger partial charge is 0.456 e. The number of furan rings is 1. The number of rotatable bonds is 8. The van der Waals surface area contributed by atoms with E-state index in [1.165, 1.54) is 4.70 Å². The zero-order chi connectivity index (χ0) is 40.3. The molecule has 0 saturated heterocycles. The number of hydrogen-bond donors (Lipinski definition) is 0. The second kappa shape index (κ2) is 14.4. The number of nitrogens with zero attached hydrogens (tertiary/aromatic N) is 6. The molecular formula is C53H34N6OS. The summed E-state index contributed by atoms with van der Waals surface area (Å²) >= 11 is 1.71. The number of benzene rings is 8. The highest BCUT2D eigenvalue weighted by Crippen LogP contribution is 2.42. The van der Waals surface area contributed by atoms with Crippen LogP contribution < -0.4 is 20.5 Å². The summed E-state index contributed by atoms with van der Waals surface area (Å²) < 4.78 is 7.89. The highest BCUT2D eigenvalue weighted by Gasteiger charge is 2.20. The first-order chi connectivity index (χ1) is 30.2. The summed E-state index contributed by atoms with van der Waals surface area (Å²) in [5.41, 5.74) is 10.9. The van der Waals surface area contributed by atoms with Crippen LogP contribution in [-0.4, -0.2) is 9.97 Å². The first kappa shape index (κ1) is 35.0. The van der Waals surface area contributed by atoms with Gasteiger partial charge < -0.3 is 14.2 Å². The number of fused-ring (bicyclic) bond motifs is 6. The van der Waals surface area contributed by atoms with Crippen molar-refractivity contribution in [2.24, 2.45) is 9.98 Å². The molecule has 0 fully saturated rings. The van der Waals surface area contributed by atoms with Crippen molar-refractivity contribution in [1.82, 2.24) is 9.97 Å². The second-order valence-electron chi connectivity index (χ2n) is 15.1. The van der Waals surface area contributed by atoms with Crippen LogP contribution in [0.4, 0.5) is 34.1 Å². The Kier molecular flexibility index (Phi) is 8.28. The Balaban J connectivity index is 0.916. The summed E-state index contributed by atoms with van der Waals surface area (Å²) in [5.74, 6) is 0. The zero-order valence-electron chi connectivity index (χ0n) is 32.6. The first-order valence-corrected chi connectivity index (χ1v) is 21.0. The minimum Gasteiger partial charge on any atom is -0.456 e. The van der Waals surface area contributed by atoms with Gasteiger partial charge in [-0.25, -0.2) is 4.98 Å². The first-order valence-electron chi connectivity index (χ1n) is 20.2. The summed E-state index contributed by atoms with van der Waals surface area (Å²) in [4.78, 5) is 23.8. The topological polar surface area (TPSA) is 70.1 Å². The van der Waals surface area contributed by atoms with Crippen LogP contribution in [0.25, 0.3) is 53.5 Å². The molecule has 1 aliphatic rings. The fraction of sp³-hybridized carbons (Fsp3) is 0.0189. The molecule has 61 heavy (non-hydrogen) atoms. The van der Waals surface area contributed by atoms with Gasteiger partial charge in [0.05, 0.1) is 32.8 Å². The maximum atomic E-state index is 6.71. The van der Waals surface area contributed by atoms with E-state index in [1.54, 1.807) is 17.5 Å². The molecule has 0 saturated carbocycles. The lowest BCUT2D eigenvalue weighted by Gasteiger charge is -2.25. The van der Waals surface area contributed by atoms with Crippen LogP contribution >= 0.6 is 11.3 Å². The summed E-state index contributed by atoms with van der Waals surface area (Å²) in [7, 11) is 0. The third kappa shape index (κ3) is 6.29. The van der Waals surface area contributed by atoms with Gasteiger partial charge in [-0.1, -0.05) is 66.7 Å². The summed E-state index contributed by atoms with van der Waals surface area (Å²) in [6.07, 6.45) is 3.45. The molecule has 12 rings (SSSR count). The molecule has 8 heteroatoms. The molecule has 7 nitrogen and oxygen atoms in total. The van der Waals surface area contributed by atoms with Gasteiger partial charge in [0, 0.05) is 57.0 Å². The molecule has 8 aromatic carbocycles. The van der Waals surface area contributed by atoms with Crippen molar-refractivity contribution in [2.45, 2.75) is 6.17 Å². The van der Waals surface area contributed by atoms with Gasteiger partial charge in [-0.3, -0.25) is 15.0 Å². The van der Waals surface area contributed by atoms with Gasteiger partial charge in [-0.15, -0.1) is 11.3 Å². The molecule has 288 valence electrons. The van der Waals surface area contributed by atoms with E-state index < -0.39 is 0 Å². The van der Waals surface area contributed by atoms with Crippen molar-refractivity contribution in [1.29, 1.82) is 0 Å². The van der Waals surface area contributed by atoms with E-state index in [2.05, 4.69) is 166 Å². The predicted molar refractivity (Wildman–Crippen MR) is 248 cm³/mol.